The molecule has 0 aliphatic rings. The van der Waals surface area contributed by atoms with Crippen molar-refractivity contribution in [2.75, 3.05) is 12.4 Å². The van der Waals surface area contributed by atoms with Crippen LogP contribution in [-0.4, -0.2) is 32.6 Å². The van der Waals surface area contributed by atoms with Gasteiger partial charge in [-0.05, 0) is 66.1 Å². The van der Waals surface area contributed by atoms with Crippen molar-refractivity contribution in [3.8, 4) is 11.4 Å². The first-order valence-corrected chi connectivity index (χ1v) is 8.89. The Kier molecular flexibility index (Phi) is 5.48. The van der Waals surface area contributed by atoms with Crippen molar-refractivity contribution in [1.82, 2.24) is 20.2 Å². The van der Waals surface area contributed by atoms with E-state index in [2.05, 4.69) is 41.5 Å². The van der Waals surface area contributed by atoms with E-state index in [4.69, 9.17) is 4.74 Å². The van der Waals surface area contributed by atoms with E-state index < -0.39 is 0 Å². The summed E-state index contributed by atoms with van der Waals surface area (Å²) in [7, 11) is 0. The molecule has 0 N–H and O–H groups in total. The van der Waals surface area contributed by atoms with Crippen LogP contribution in [0.25, 0.3) is 5.69 Å². The maximum atomic E-state index is 5.80. The number of benzene rings is 2. The van der Waals surface area contributed by atoms with Gasteiger partial charge in [0.15, 0.2) is 0 Å². The molecule has 0 fully saturated rings. The van der Waals surface area contributed by atoms with Crippen LogP contribution in [0, 0.1) is 13.8 Å². The maximum absolute atomic E-state index is 5.80. The molecule has 0 saturated heterocycles. The lowest BCUT2D eigenvalue weighted by Gasteiger charge is -2.08. The Labute approximate surface area is 146 Å². The molecule has 1 heterocycles. The number of thioether (sulfide) groups is 1. The average molecular weight is 340 g/mol. The molecule has 0 bridgehead atoms. The first-order valence-electron chi connectivity index (χ1n) is 7.91. The van der Waals surface area contributed by atoms with Crippen LogP contribution in [0.1, 0.15) is 17.5 Å². The van der Waals surface area contributed by atoms with Gasteiger partial charge in [-0.25, -0.2) is 0 Å². The molecule has 0 atom stereocenters. The Bertz CT molecular complexity index is 789. The Morgan fingerprint density at radius 1 is 1.04 bits per heavy atom. The predicted octanol–water partition coefficient (Wildman–Crippen LogP) is 3.84. The number of nitrogens with zero attached hydrogens (tertiary/aromatic N) is 4. The monoisotopic (exact) mass is 340 g/mol. The Balaban J connectivity index is 1.47. The largest absolute Gasteiger partial charge is 0.494 e. The van der Waals surface area contributed by atoms with E-state index in [1.54, 1.807) is 16.4 Å². The molecule has 3 rings (SSSR count). The average Bonchev–Trinajstić information content (AvgIpc) is 3.07. The quantitative estimate of drug-likeness (QED) is 0.483. The molecule has 0 unspecified atom stereocenters. The van der Waals surface area contributed by atoms with Gasteiger partial charge in [0.05, 0.1) is 12.3 Å². The maximum Gasteiger partial charge on any atom is 0.214 e. The van der Waals surface area contributed by atoms with Crippen LogP contribution in [-0.2, 0) is 0 Å². The van der Waals surface area contributed by atoms with Crippen molar-refractivity contribution >= 4 is 11.8 Å². The Morgan fingerprint density at radius 2 is 1.88 bits per heavy atom. The summed E-state index contributed by atoms with van der Waals surface area (Å²) in [5, 5.41) is 12.7. The summed E-state index contributed by atoms with van der Waals surface area (Å²) < 4.78 is 7.56. The highest BCUT2D eigenvalue weighted by molar-refractivity contribution is 7.99. The van der Waals surface area contributed by atoms with Gasteiger partial charge in [0, 0.05) is 5.75 Å². The molecule has 6 heteroatoms. The Hall–Kier alpha value is -2.34. The van der Waals surface area contributed by atoms with Crippen LogP contribution < -0.4 is 4.74 Å². The van der Waals surface area contributed by atoms with Crippen molar-refractivity contribution in [2.24, 2.45) is 0 Å². The number of rotatable bonds is 7. The summed E-state index contributed by atoms with van der Waals surface area (Å²) in [5.74, 6) is 1.83. The molecule has 0 amide bonds. The molecule has 0 aliphatic carbocycles. The van der Waals surface area contributed by atoms with Gasteiger partial charge in [0.1, 0.15) is 5.75 Å². The number of hydrogen-bond donors (Lipinski definition) is 0. The van der Waals surface area contributed by atoms with Crippen LogP contribution in [0.3, 0.4) is 0 Å². The third kappa shape index (κ3) is 4.14. The highest BCUT2D eigenvalue weighted by Crippen LogP contribution is 2.20. The second kappa shape index (κ2) is 7.97. The molecule has 5 nitrogen and oxygen atoms in total. The van der Waals surface area contributed by atoms with Crippen LogP contribution in [0.5, 0.6) is 5.75 Å². The van der Waals surface area contributed by atoms with Gasteiger partial charge in [-0.3, -0.25) is 0 Å². The molecular formula is C18H20N4OS. The van der Waals surface area contributed by atoms with Crippen LogP contribution in [0.2, 0.25) is 0 Å². The summed E-state index contributed by atoms with van der Waals surface area (Å²) in [6.07, 6.45) is 0.930. The minimum Gasteiger partial charge on any atom is -0.494 e. The number of aryl methyl sites for hydroxylation is 2. The summed E-state index contributed by atoms with van der Waals surface area (Å²) >= 11 is 1.64. The van der Waals surface area contributed by atoms with Crippen LogP contribution in [0.4, 0.5) is 0 Å². The van der Waals surface area contributed by atoms with Crippen molar-refractivity contribution in [1.29, 1.82) is 0 Å². The zero-order valence-corrected chi connectivity index (χ0v) is 14.7. The molecule has 0 aliphatic heterocycles. The van der Waals surface area contributed by atoms with Crippen molar-refractivity contribution in [3.63, 3.8) is 0 Å². The zero-order chi connectivity index (χ0) is 16.8. The fraction of sp³-hybridized carbons (Fsp3) is 0.278. The van der Waals surface area contributed by atoms with Crippen LogP contribution in [0.15, 0.2) is 53.7 Å². The number of hydrogen-bond acceptors (Lipinski definition) is 5. The van der Waals surface area contributed by atoms with Gasteiger partial charge >= 0.3 is 0 Å². The molecule has 124 valence electrons. The van der Waals surface area contributed by atoms with E-state index >= 15 is 0 Å². The Morgan fingerprint density at radius 3 is 2.67 bits per heavy atom. The number of para-hydroxylation sites is 1. The van der Waals surface area contributed by atoms with Gasteiger partial charge in [0.25, 0.3) is 0 Å². The molecule has 3 aromatic rings. The summed E-state index contributed by atoms with van der Waals surface area (Å²) in [4.78, 5) is 0. The van der Waals surface area contributed by atoms with Crippen LogP contribution >= 0.6 is 11.8 Å². The second-order valence-electron chi connectivity index (χ2n) is 5.51. The third-order valence-electron chi connectivity index (χ3n) is 3.71. The minimum absolute atomic E-state index is 0.683. The van der Waals surface area contributed by atoms with Gasteiger partial charge in [0.2, 0.25) is 5.16 Å². The number of tetrazole rings is 1. The van der Waals surface area contributed by atoms with Gasteiger partial charge in [-0.2, -0.15) is 4.68 Å². The first-order chi connectivity index (χ1) is 11.7. The first kappa shape index (κ1) is 16.5. The number of aromatic nitrogens is 4. The summed E-state index contributed by atoms with van der Waals surface area (Å²) in [6.45, 7) is 4.89. The highest BCUT2D eigenvalue weighted by Gasteiger charge is 2.08. The van der Waals surface area contributed by atoms with E-state index in [0.717, 1.165) is 28.8 Å². The number of ether oxygens (including phenoxy) is 1. The highest BCUT2D eigenvalue weighted by atomic mass is 32.2. The summed E-state index contributed by atoms with van der Waals surface area (Å²) in [6, 6.07) is 16.1. The van der Waals surface area contributed by atoms with Crippen molar-refractivity contribution in [2.45, 2.75) is 25.4 Å². The molecule has 0 spiro atoms. The van der Waals surface area contributed by atoms with Gasteiger partial charge in [-0.15, -0.1) is 5.10 Å². The zero-order valence-electron chi connectivity index (χ0n) is 13.8. The van der Waals surface area contributed by atoms with Gasteiger partial charge in [-0.1, -0.05) is 36.0 Å². The minimum atomic E-state index is 0.683. The smallest absolute Gasteiger partial charge is 0.214 e. The van der Waals surface area contributed by atoms with E-state index in [-0.39, 0.29) is 0 Å². The SMILES string of the molecule is Cc1ccc(OCCCSc2nnnn2-c2ccccc2)cc1C. The molecule has 1 aromatic heterocycles. The standard InChI is InChI=1S/C18H20N4OS/c1-14-9-10-17(13-15(14)2)23-11-6-12-24-18-19-20-21-22(18)16-7-4-3-5-8-16/h3-5,7-10,13H,6,11-12H2,1-2H3. The lowest BCUT2D eigenvalue weighted by molar-refractivity contribution is 0.318. The molecule has 2 aromatic carbocycles. The normalized spacial score (nSPS) is 10.8. The van der Waals surface area contributed by atoms with E-state index in [1.807, 2.05) is 36.4 Å². The summed E-state index contributed by atoms with van der Waals surface area (Å²) in [5.41, 5.74) is 3.51. The topological polar surface area (TPSA) is 52.8 Å². The molecule has 24 heavy (non-hydrogen) atoms. The molecule has 0 saturated carbocycles. The van der Waals surface area contributed by atoms with E-state index in [0.29, 0.717) is 6.61 Å². The van der Waals surface area contributed by atoms with Crippen molar-refractivity contribution in [3.05, 3.63) is 59.7 Å². The van der Waals surface area contributed by atoms with Gasteiger partial charge < -0.3 is 4.74 Å². The lowest BCUT2D eigenvalue weighted by atomic mass is 10.1. The molecule has 0 radical (unpaired) electrons. The second-order valence-corrected chi connectivity index (χ2v) is 6.57. The van der Waals surface area contributed by atoms with E-state index in [1.165, 1.54) is 11.1 Å². The lowest BCUT2D eigenvalue weighted by Crippen LogP contribution is -2.01. The van der Waals surface area contributed by atoms with Crippen molar-refractivity contribution < 1.29 is 4.74 Å². The molecular weight excluding hydrogens is 320 g/mol. The fourth-order valence-corrected chi connectivity index (χ4v) is 3.02. The van der Waals surface area contributed by atoms with E-state index in [9.17, 15) is 0 Å². The fourth-order valence-electron chi connectivity index (χ4n) is 2.22. The predicted molar refractivity (Wildman–Crippen MR) is 95.9 cm³/mol. The third-order valence-corrected chi connectivity index (χ3v) is 4.71.